The van der Waals surface area contributed by atoms with E-state index in [9.17, 15) is 8.42 Å². The molecule has 2 aromatic carbocycles. The third kappa shape index (κ3) is 6.03. The van der Waals surface area contributed by atoms with Crippen LogP contribution in [0.2, 0.25) is 18.1 Å². The van der Waals surface area contributed by atoms with Crippen LogP contribution in [-0.2, 0) is 14.4 Å². The molecule has 1 fully saturated rings. The summed E-state index contributed by atoms with van der Waals surface area (Å²) < 4.78 is 34.9. The molecule has 2 N–H and O–H groups in total. The summed E-state index contributed by atoms with van der Waals surface area (Å²) in [6, 6.07) is 17.0. The van der Waals surface area contributed by atoms with E-state index in [2.05, 4.69) is 55.9 Å². The molecule has 0 saturated carbocycles. The van der Waals surface area contributed by atoms with Crippen molar-refractivity contribution in [3.8, 4) is 0 Å². The number of nitrogens with zero attached hydrogens (tertiary/aromatic N) is 4. The van der Waals surface area contributed by atoms with Gasteiger partial charge in [0.25, 0.3) is 10.0 Å². The van der Waals surface area contributed by atoms with Crippen LogP contribution < -0.4 is 5.73 Å². The van der Waals surface area contributed by atoms with Gasteiger partial charge in [0.1, 0.15) is 6.33 Å². The molecular weight excluding hydrogens is 563 g/mol. The van der Waals surface area contributed by atoms with Crippen LogP contribution >= 0.6 is 0 Å². The highest BCUT2D eigenvalue weighted by atomic mass is 32.2. The van der Waals surface area contributed by atoms with Crippen molar-refractivity contribution in [3.63, 3.8) is 0 Å². The van der Waals surface area contributed by atoms with E-state index in [1.54, 1.807) is 30.5 Å². The number of anilines is 1. The number of likely N-dealkylation sites (tertiary alicyclic amines) is 1. The quantitative estimate of drug-likeness (QED) is 0.181. The first-order chi connectivity index (χ1) is 19.8. The second kappa shape index (κ2) is 11.6. The molecule has 5 rings (SSSR count). The van der Waals surface area contributed by atoms with Crippen molar-refractivity contribution in [2.45, 2.75) is 75.5 Å². The van der Waals surface area contributed by atoms with E-state index in [0.717, 1.165) is 48.3 Å². The molecule has 42 heavy (non-hydrogen) atoms. The number of hydrogen-bond acceptors (Lipinski definition) is 7. The molecule has 0 radical (unpaired) electrons. The summed E-state index contributed by atoms with van der Waals surface area (Å²) in [5.74, 6) is 0.136. The van der Waals surface area contributed by atoms with Crippen molar-refractivity contribution in [1.29, 1.82) is 0 Å². The smallest absolute Gasteiger partial charge is 0.269 e. The number of piperidine rings is 1. The van der Waals surface area contributed by atoms with E-state index in [0.29, 0.717) is 12.3 Å². The average Bonchev–Trinajstić information content (AvgIpc) is 3.38. The van der Waals surface area contributed by atoms with E-state index in [-0.39, 0.29) is 21.9 Å². The maximum absolute atomic E-state index is 13.5. The van der Waals surface area contributed by atoms with Crippen LogP contribution in [0.15, 0.2) is 72.0 Å². The zero-order valence-electron chi connectivity index (χ0n) is 25.5. The van der Waals surface area contributed by atoms with Crippen molar-refractivity contribution < 1.29 is 12.8 Å². The highest BCUT2D eigenvalue weighted by Crippen LogP contribution is 2.41. The molecule has 224 valence electrons. The van der Waals surface area contributed by atoms with Crippen LogP contribution in [0, 0.1) is 6.92 Å². The first-order valence-electron chi connectivity index (χ1n) is 14.7. The van der Waals surface area contributed by atoms with Gasteiger partial charge in [-0.1, -0.05) is 50.6 Å². The van der Waals surface area contributed by atoms with Crippen molar-refractivity contribution in [2.75, 3.05) is 25.4 Å². The number of aryl methyl sites for hydroxylation is 1. The van der Waals surface area contributed by atoms with E-state index < -0.39 is 18.3 Å². The van der Waals surface area contributed by atoms with Gasteiger partial charge in [-0.3, -0.25) is 4.90 Å². The second-order valence-electron chi connectivity index (χ2n) is 13.0. The molecule has 1 saturated heterocycles. The number of benzene rings is 2. The molecule has 0 aliphatic carbocycles. The Bertz CT molecular complexity index is 1660. The molecule has 2 aromatic heterocycles. The van der Waals surface area contributed by atoms with Crippen LogP contribution in [-0.4, -0.2) is 55.3 Å². The summed E-state index contributed by atoms with van der Waals surface area (Å²) in [5.41, 5.74) is 10.4. The number of rotatable bonds is 8. The van der Waals surface area contributed by atoms with E-state index in [1.165, 1.54) is 15.9 Å². The Kier molecular flexibility index (Phi) is 8.37. The lowest BCUT2D eigenvalue weighted by Gasteiger charge is -2.41. The maximum atomic E-state index is 13.5. The summed E-state index contributed by atoms with van der Waals surface area (Å²) in [7, 11) is -5.65. The fourth-order valence-corrected chi connectivity index (χ4v) is 7.90. The predicted octanol–water partition coefficient (Wildman–Crippen LogP) is 6.50. The molecule has 2 atom stereocenters. The zero-order chi connectivity index (χ0) is 30.3. The minimum atomic E-state index is -3.79. The van der Waals surface area contributed by atoms with Gasteiger partial charge in [-0.2, -0.15) is 0 Å². The van der Waals surface area contributed by atoms with Crippen molar-refractivity contribution in [1.82, 2.24) is 18.8 Å². The molecule has 8 nitrogen and oxygen atoms in total. The van der Waals surface area contributed by atoms with E-state index in [1.807, 2.05) is 25.1 Å². The Morgan fingerprint density at radius 1 is 1.07 bits per heavy atom. The van der Waals surface area contributed by atoms with E-state index in [4.69, 9.17) is 15.1 Å². The number of aromatic nitrogens is 3. The molecule has 4 aromatic rings. The SMILES string of the molecule is Cc1ccc(S(=O)(=O)n2ccc3c(C4CCN(CCO[Si](C)(C)C(C)(C)C)C(c5cccc(N)c5)C4)ncnc32)cc1. The third-order valence-corrected chi connectivity index (χ3v) is 15.3. The first-order valence-corrected chi connectivity index (χ1v) is 19.0. The van der Waals surface area contributed by atoms with Gasteiger partial charge in [0, 0.05) is 42.4 Å². The molecule has 10 heteroatoms. The maximum Gasteiger partial charge on any atom is 0.269 e. The summed E-state index contributed by atoms with van der Waals surface area (Å²) in [5, 5.41) is 0.939. The molecular formula is C32H43N5O3SSi. The summed E-state index contributed by atoms with van der Waals surface area (Å²) in [6.45, 7) is 15.7. The summed E-state index contributed by atoms with van der Waals surface area (Å²) in [6.07, 6.45) is 4.83. The Morgan fingerprint density at radius 2 is 1.81 bits per heavy atom. The summed E-state index contributed by atoms with van der Waals surface area (Å²) >= 11 is 0. The van der Waals surface area contributed by atoms with E-state index >= 15 is 0 Å². The molecule has 1 aliphatic heterocycles. The van der Waals surface area contributed by atoms with Gasteiger partial charge in [-0.05, 0) is 80.3 Å². The zero-order valence-corrected chi connectivity index (χ0v) is 27.4. The Hall–Kier alpha value is -3.05. The van der Waals surface area contributed by atoms with Gasteiger partial charge in [0.15, 0.2) is 14.0 Å². The van der Waals surface area contributed by atoms with Gasteiger partial charge in [-0.25, -0.2) is 22.4 Å². The Labute approximate surface area is 251 Å². The molecule has 2 unspecified atom stereocenters. The van der Waals surface area contributed by atoms with Gasteiger partial charge in [-0.15, -0.1) is 0 Å². The number of nitrogens with two attached hydrogens (primary N) is 1. The van der Waals surface area contributed by atoms with Crippen LogP contribution in [0.5, 0.6) is 0 Å². The largest absolute Gasteiger partial charge is 0.416 e. The third-order valence-electron chi connectivity index (χ3n) is 9.10. The lowest BCUT2D eigenvalue weighted by Crippen LogP contribution is -2.44. The van der Waals surface area contributed by atoms with Crippen LogP contribution in [0.1, 0.15) is 62.4 Å². The second-order valence-corrected chi connectivity index (χ2v) is 19.6. The molecule has 1 aliphatic rings. The average molecular weight is 606 g/mol. The molecule has 3 heterocycles. The minimum Gasteiger partial charge on any atom is -0.416 e. The van der Waals surface area contributed by atoms with Crippen molar-refractivity contribution in [2.24, 2.45) is 0 Å². The Balaban J connectivity index is 1.43. The first kappa shape index (κ1) is 30.4. The lowest BCUT2D eigenvalue weighted by molar-refractivity contribution is 0.108. The highest BCUT2D eigenvalue weighted by molar-refractivity contribution is 7.90. The Morgan fingerprint density at radius 3 is 2.50 bits per heavy atom. The monoisotopic (exact) mass is 605 g/mol. The van der Waals surface area contributed by atoms with Crippen molar-refractivity contribution >= 4 is 35.1 Å². The van der Waals surface area contributed by atoms with Crippen molar-refractivity contribution in [3.05, 3.63) is 83.9 Å². The minimum absolute atomic E-state index is 0.136. The summed E-state index contributed by atoms with van der Waals surface area (Å²) in [4.78, 5) is 11.9. The van der Waals surface area contributed by atoms with Gasteiger partial charge in [0.05, 0.1) is 10.6 Å². The van der Waals surface area contributed by atoms with Gasteiger partial charge < -0.3 is 10.2 Å². The van der Waals surface area contributed by atoms with Crippen LogP contribution in [0.3, 0.4) is 0 Å². The van der Waals surface area contributed by atoms with Crippen LogP contribution in [0.4, 0.5) is 5.69 Å². The number of fused-ring (bicyclic) bond motifs is 1. The van der Waals surface area contributed by atoms with Gasteiger partial charge >= 0.3 is 0 Å². The van der Waals surface area contributed by atoms with Crippen LogP contribution in [0.25, 0.3) is 11.0 Å². The number of nitrogen functional groups attached to an aromatic ring is 1. The number of hydrogen-bond donors (Lipinski definition) is 1. The highest BCUT2D eigenvalue weighted by Gasteiger charge is 2.38. The fraction of sp³-hybridized carbons (Fsp3) is 0.438. The molecule has 0 spiro atoms. The normalized spacial score (nSPS) is 18.9. The lowest BCUT2D eigenvalue weighted by atomic mass is 9.84. The molecule has 0 bridgehead atoms. The van der Waals surface area contributed by atoms with Gasteiger partial charge in [0.2, 0.25) is 0 Å². The topological polar surface area (TPSA) is 103 Å². The fourth-order valence-electron chi connectivity index (χ4n) is 5.57. The standard InChI is InChI=1S/C32H43N5O3SSi/c1-23-10-12-27(13-11-23)41(38,39)37-17-15-28-30(34-22-35-31(28)37)25-14-16-36(18-19-40-42(5,6)32(2,3)4)29(21-25)24-8-7-9-26(33)20-24/h7-13,15,17,20,22,25,29H,14,16,18-19,21,33H2,1-6H3. The predicted molar refractivity (Wildman–Crippen MR) is 172 cm³/mol. The molecule has 0 amide bonds.